The van der Waals surface area contributed by atoms with Gasteiger partial charge in [-0.05, 0) is 134 Å². The topological polar surface area (TPSA) is 60.6 Å². The smallest absolute Gasteiger partial charge is 0.151 e. The molecule has 318 valence electrons. The first kappa shape index (κ1) is 38.1. The Hall–Kier alpha value is -8.36. The Bertz CT molecular complexity index is 3460. The zero-order chi connectivity index (χ0) is 43.9. The van der Waals surface area contributed by atoms with Crippen molar-refractivity contribution >= 4 is 50.5 Å². The van der Waals surface area contributed by atoms with Gasteiger partial charge in [0.05, 0.1) is 50.9 Å². The molecule has 0 saturated heterocycles. The van der Waals surface area contributed by atoms with Crippen molar-refractivity contribution in [3.63, 3.8) is 0 Å². The third-order valence-electron chi connectivity index (χ3n) is 13.3. The molecule has 0 N–H and O–H groups in total. The molecule has 8 nitrogen and oxygen atoms in total. The van der Waals surface area contributed by atoms with Crippen LogP contribution in [-0.4, -0.2) is 19.1 Å². The molecule has 3 unspecified atom stereocenters. The van der Waals surface area contributed by atoms with Crippen molar-refractivity contribution in [1.29, 1.82) is 0 Å². The van der Waals surface area contributed by atoms with Gasteiger partial charge >= 0.3 is 0 Å². The van der Waals surface area contributed by atoms with Crippen molar-refractivity contribution in [3.8, 4) is 45.7 Å². The van der Waals surface area contributed by atoms with Gasteiger partial charge in [-0.2, -0.15) is 0 Å². The summed E-state index contributed by atoms with van der Waals surface area (Å²) in [7, 11) is 0. The SMILES string of the molecule is CC1C=CC2=C(C1)N(c1ccc(-c3nc4cc5c(cc4n3C3C=CC=CC3C)nc(-c3ccc(N4c6ccccc6Oc6ccccc64)cc3)n5-c3ccccc3)cc1)c1ccccc1O2. The number of ether oxygens (including phenoxy) is 2. The van der Waals surface area contributed by atoms with E-state index in [1.54, 1.807) is 0 Å². The fourth-order valence-corrected chi connectivity index (χ4v) is 10.1. The van der Waals surface area contributed by atoms with E-state index in [0.717, 1.165) is 108 Å². The third-order valence-corrected chi connectivity index (χ3v) is 13.3. The van der Waals surface area contributed by atoms with Crippen LogP contribution in [0.3, 0.4) is 0 Å². The molecule has 0 fully saturated rings. The van der Waals surface area contributed by atoms with Gasteiger partial charge in [-0.25, -0.2) is 9.97 Å². The largest absolute Gasteiger partial charge is 0.453 e. The van der Waals surface area contributed by atoms with E-state index in [2.05, 4.69) is 197 Å². The second-order valence-corrected chi connectivity index (χ2v) is 17.6. The van der Waals surface area contributed by atoms with Gasteiger partial charge in [0.25, 0.3) is 0 Å². The fourth-order valence-electron chi connectivity index (χ4n) is 10.1. The maximum atomic E-state index is 6.41. The average molecular weight is 857 g/mol. The highest BCUT2D eigenvalue weighted by molar-refractivity contribution is 5.97. The first-order valence-corrected chi connectivity index (χ1v) is 22.7. The molecular formula is C58H44N6O2. The van der Waals surface area contributed by atoms with Crippen molar-refractivity contribution in [2.24, 2.45) is 11.8 Å². The van der Waals surface area contributed by atoms with Crippen LogP contribution >= 0.6 is 0 Å². The molecule has 7 aromatic carbocycles. The maximum Gasteiger partial charge on any atom is 0.151 e. The van der Waals surface area contributed by atoms with Crippen LogP contribution in [0.15, 0.2) is 212 Å². The summed E-state index contributed by atoms with van der Waals surface area (Å²) in [4.78, 5) is 15.6. The molecule has 4 aliphatic rings. The quantitative estimate of drug-likeness (QED) is 0.166. The van der Waals surface area contributed by atoms with Gasteiger partial charge in [0.2, 0.25) is 0 Å². The van der Waals surface area contributed by atoms with E-state index >= 15 is 0 Å². The minimum Gasteiger partial charge on any atom is -0.453 e. The Balaban J connectivity index is 0.936. The molecule has 0 spiro atoms. The number of hydrogen-bond donors (Lipinski definition) is 0. The Morgan fingerprint density at radius 3 is 1.73 bits per heavy atom. The molecule has 0 saturated carbocycles. The lowest BCUT2D eigenvalue weighted by Gasteiger charge is -2.36. The number of aromatic nitrogens is 4. The Morgan fingerprint density at radius 2 is 1.05 bits per heavy atom. The van der Waals surface area contributed by atoms with E-state index in [-0.39, 0.29) is 12.0 Å². The number of imidazole rings is 2. The molecule has 0 amide bonds. The first-order chi connectivity index (χ1) is 32.5. The van der Waals surface area contributed by atoms with Gasteiger partial charge in [0.15, 0.2) is 17.2 Å². The van der Waals surface area contributed by atoms with Crippen LogP contribution in [0.2, 0.25) is 0 Å². The number of nitrogens with zero attached hydrogens (tertiary/aromatic N) is 6. The summed E-state index contributed by atoms with van der Waals surface area (Å²) in [5, 5.41) is 0. The lowest BCUT2D eigenvalue weighted by atomic mass is 9.96. The van der Waals surface area contributed by atoms with Crippen LogP contribution in [0, 0.1) is 11.8 Å². The first-order valence-electron chi connectivity index (χ1n) is 22.7. The molecule has 0 bridgehead atoms. The summed E-state index contributed by atoms with van der Waals surface area (Å²) in [6, 6.07) is 57.3. The van der Waals surface area contributed by atoms with E-state index in [0.29, 0.717) is 5.92 Å². The zero-order valence-corrected chi connectivity index (χ0v) is 36.5. The molecule has 13 rings (SSSR count). The second kappa shape index (κ2) is 15.1. The van der Waals surface area contributed by atoms with Gasteiger partial charge in [-0.3, -0.25) is 4.57 Å². The molecule has 0 radical (unpaired) electrons. The van der Waals surface area contributed by atoms with E-state index in [1.807, 2.05) is 36.4 Å². The van der Waals surface area contributed by atoms with Gasteiger partial charge in [-0.15, -0.1) is 0 Å². The Kier molecular flexibility index (Phi) is 8.74. The summed E-state index contributed by atoms with van der Waals surface area (Å²) in [6.07, 6.45) is 14.1. The highest BCUT2D eigenvalue weighted by Crippen LogP contribution is 2.51. The predicted molar refractivity (Wildman–Crippen MR) is 266 cm³/mol. The van der Waals surface area contributed by atoms with Gasteiger partial charge in [-0.1, -0.05) is 98.8 Å². The predicted octanol–water partition coefficient (Wildman–Crippen LogP) is 14.9. The molecule has 9 aromatic rings. The number of allylic oxidation sites excluding steroid dienone is 7. The van der Waals surface area contributed by atoms with E-state index < -0.39 is 0 Å². The summed E-state index contributed by atoms with van der Waals surface area (Å²) in [5.74, 6) is 5.87. The highest BCUT2D eigenvalue weighted by atomic mass is 16.5. The Labute approximate surface area is 382 Å². The van der Waals surface area contributed by atoms with Gasteiger partial charge in [0, 0.05) is 28.2 Å². The van der Waals surface area contributed by atoms with E-state index in [4.69, 9.17) is 19.4 Å². The number of benzene rings is 7. The number of hydrogen-bond acceptors (Lipinski definition) is 6. The van der Waals surface area contributed by atoms with Gasteiger partial charge in [0.1, 0.15) is 17.4 Å². The summed E-state index contributed by atoms with van der Waals surface area (Å²) < 4.78 is 17.4. The van der Waals surface area contributed by atoms with Crippen LogP contribution in [0.25, 0.3) is 50.5 Å². The fraction of sp³-hybridized carbons (Fsp3) is 0.103. The maximum absolute atomic E-state index is 6.41. The van der Waals surface area contributed by atoms with Crippen molar-refractivity contribution < 1.29 is 9.47 Å². The number of anilines is 5. The monoisotopic (exact) mass is 856 g/mol. The molecule has 3 atom stereocenters. The zero-order valence-electron chi connectivity index (χ0n) is 36.5. The van der Waals surface area contributed by atoms with Crippen LogP contribution in [0.4, 0.5) is 28.4 Å². The minimum absolute atomic E-state index is 0.0557. The molecule has 2 aromatic heterocycles. The van der Waals surface area contributed by atoms with E-state index in [9.17, 15) is 0 Å². The summed E-state index contributed by atoms with van der Waals surface area (Å²) in [6.45, 7) is 4.54. The lowest BCUT2D eigenvalue weighted by molar-refractivity contribution is 0.414. The van der Waals surface area contributed by atoms with Gasteiger partial charge < -0.3 is 23.8 Å². The number of para-hydroxylation sites is 7. The van der Waals surface area contributed by atoms with Crippen LogP contribution in [-0.2, 0) is 0 Å². The second-order valence-electron chi connectivity index (χ2n) is 17.6. The molecule has 2 aliphatic heterocycles. The minimum atomic E-state index is 0.0557. The van der Waals surface area contributed by atoms with Crippen molar-refractivity contribution in [2.75, 3.05) is 9.80 Å². The van der Waals surface area contributed by atoms with Crippen molar-refractivity contribution in [2.45, 2.75) is 26.3 Å². The standard InChI is InChI=1S/C58H44N6O2/c1-37-24-33-56-52(34-37)62(49-20-10-13-23-55(49)66-56)43-31-27-40(28-32-43)58-60-45-35-50-44(36-51(45)64(58)46-17-7-6-14-38(46)2)59-57(63(50)41-15-4-3-5-16-41)39-25-29-42(30-26-39)61-47-18-8-11-21-53(47)65-54-22-12-9-19-48(54)61/h3-33,35-38,46H,34H2,1-2H3. The number of rotatable bonds is 6. The molecular weight excluding hydrogens is 813 g/mol. The molecule has 8 heteroatoms. The summed E-state index contributed by atoms with van der Waals surface area (Å²) in [5.41, 5.74) is 13.3. The normalized spacial score (nSPS) is 18.2. The third kappa shape index (κ3) is 6.13. The number of fused-ring (bicyclic) bond motifs is 5. The highest BCUT2D eigenvalue weighted by Gasteiger charge is 2.31. The molecule has 66 heavy (non-hydrogen) atoms. The van der Waals surface area contributed by atoms with Crippen LogP contribution in [0.1, 0.15) is 26.3 Å². The van der Waals surface area contributed by atoms with E-state index in [1.165, 1.54) is 5.70 Å². The average Bonchev–Trinajstić information content (AvgIpc) is 3.92. The lowest BCUT2D eigenvalue weighted by Crippen LogP contribution is -2.26. The molecule has 2 aliphatic carbocycles. The van der Waals surface area contributed by atoms with Crippen LogP contribution < -0.4 is 19.3 Å². The van der Waals surface area contributed by atoms with Crippen molar-refractivity contribution in [3.05, 3.63) is 212 Å². The van der Waals surface area contributed by atoms with Crippen molar-refractivity contribution in [1.82, 2.24) is 19.1 Å². The van der Waals surface area contributed by atoms with Crippen LogP contribution in [0.5, 0.6) is 17.2 Å². The molecule has 4 heterocycles. The summed E-state index contributed by atoms with van der Waals surface area (Å²) >= 11 is 0. The Morgan fingerprint density at radius 1 is 0.500 bits per heavy atom.